The lowest BCUT2D eigenvalue weighted by Gasteiger charge is -2.33. The third-order valence-corrected chi connectivity index (χ3v) is 4.24. The molecular formula is C23H35N3O5. The average Bonchev–Trinajstić information content (AvgIpc) is 2.61. The van der Waals surface area contributed by atoms with Gasteiger partial charge in [-0.3, -0.25) is 9.59 Å². The molecule has 0 saturated carbocycles. The number of nitrogens with zero attached hydrogens (tertiary/aromatic N) is 1. The number of phenols is 1. The molecule has 0 aliphatic carbocycles. The number of aromatic hydroxyl groups is 1. The molecule has 8 heteroatoms. The first-order chi connectivity index (χ1) is 14.3. The largest absolute Gasteiger partial charge is 0.508 e. The van der Waals surface area contributed by atoms with Crippen LogP contribution in [0.2, 0.25) is 0 Å². The van der Waals surface area contributed by atoms with Gasteiger partial charge in [-0.25, -0.2) is 4.79 Å². The lowest BCUT2D eigenvalue weighted by atomic mass is 10.00. The summed E-state index contributed by atoms with van der Waals surface area (Å²) in [7, 11) is 0. The number of ether oxygens (including phenoxy) is 1. The quantitative estimate of drug-likeness (QED) is 0.546. The number of phenolic OH excluding ortho intramolecular Hbond substituents is 1. The fourth-order valence-corrected chi connectivity index (χ4v) is 2.94. The number of carbonyl (C=O) groups excluding carboxylic acids is 3. The second kappa shape index (κ2) is 10.8. The molecule has 2 unspecified atom stereocenters. The van der Waals surface area contributed by atoms with Gasteiger partial charge in [-0.1, -0.05) is 12.1 Å². The summed E-state index contributed by atoms with van der Waals surface area (Å²) < 4.78 is 5.22. The predicted molar refractivity (Wildman–Crippen MR) is 120 cm³/mol. The van der Waals surface area contributed by atoms with Crippen LogP contribution in [-0.4, -0.2) is 52.1 Å². The summed E-state index contributed by atoms with van der Waals surface area (Å²) in [5.74, 6) is -0.756. The monoisotopic (exact) mass is 433 g/mol. The molecule has 31 heavy (non-hydrogen) atoms. The Hall–Kier alpha value is -3.03. The second-order valence-electron chi connectivity index (χ2n) is 8.76. The van der Waals surface area contributed by atoms with E-state index in [-0.39, 0.29) is 24.2 Å². The third kappa shape index (κ3) is 7.96. The van der Waals surface area contributed by atoms with Crippen LogP contribution in [-0.2, 0) is 14.3 Å². The number of hydrogen-bond acceptors (Lipinski definition) is 5. The molecule has 1 aromatic carbocycles. The number of aryl methyl sites for hydroxylation is 1. The normalized spacial score (nSPS) is 13.2. The van der Waals surface area contributed by atoms with Gasteiger partial charge in [0, 0.05) is 12.6 Å². The summed E-state index contributed by atoms with van der Waals surface area (Å²) >= 11 is 0. The van der Waals surface area contributed by atoms with Crippen LogP contribution >= 0.6 is 0 Å². The maximum atomic E-state index is 13.3. The smallest absolute Gasteiger partial charge is 0.408 e. The van der Waals surface area contributed by atoms with E-state index in [4.69, 9.17) is 4.74 Å². The summed E-state index contributed by atoms with van der Waals surface area (Å²) in [6, 6.07) is 2.68. The highest BCUT2D eigenvalue weighted by Crippen LogP contribution is 2.27. The zero-order valence-electron chi connectivity index (χ0n) is 19.5. The molecule has 0 heterocycles. The maximum absolute atomic E-state index is 13.3. The molecule has 0 fully saturated rings. The van der Waals surface area contributed by atoms with Gasteiger partial charge in [-0.15, -0.1) is 6.58 Å². The molecule has 0 aliphatic heterocycles. The van der Waals surface area contributed by atoms with Gasteiger partial charge in [0.1, 0.15) is 23.4 Å². The van der Waals surface area contributed by atoms with Crippen molar-refractivity contribution in [1.29, 1.82) is 0 Å². The Balaban J connectivity index is 3.29. The molecule has 2 atom stereocenters. The molecule has 3 amide bonds. The van der Waals surface area contributed by atoms with Gasteiger partial charge in [-0.2, -0.15) is 0 Å². The number of carbonyl (C=O) groups is 3. The van der Waals surface area contributed by atoms with Crippen LogP contribution in [0.4, 0.5) is 4.79 Å². The lowest BCUT2D eigenvalue weighted by Crippen LogP contribution is -2.52. The van der Waals surface area contributed by atoms with Crippen molar-refractivity contribution in [2.24, 2.45) is 0 Å². The number of amides is 3. The van der Waals surface area contributed by atoms with Gasteiger partial charge in [0.25, 0.3) is 0 Å². The summed E-state index contributed by atoms with van der Waals surface area (Å²) in [4.78, 5) is 39.8. The molecule has 0 bridgehead atoms. The van der Waals surface area contributed by atoms with Crippen molar-refractivity contribution in [1.82, 2.24) is 15.5 Å². The van der Waals surface area contributed by atoms with Crippen molar-refractivity contribution >= 4 is 17.9 Å². The Labute approximate surface area is 184 Å². The minimum absolute atomic E-state index is 0.0786. The number of benzene rings is 1. The number of rotatable bonds is 8. The van der Waals surface area contributed by atoms with Crippen LogP contribution in [0.3, 0.4) is 0 Å². The van der Waals surface area contributed by atoms with Gasteiger partial charge >= 0.3 is 6.09 Å². The van der Waals surface area contributed by atoms with Gasteiger partial charge in [0.2, 0.25) is 11.8 Å². The van der Waals surface area contributed by atoms with Crippen LogP contribution in [0, 0.1) is 6.92 Å². The minimum atomic E-state index is -0.977. The van der Waals surface area contributed by atoms with Crippen LogP contribution in [0.5, 0.6) is 5.75 Å². The van der Waals surface area contributed by atoms with Crippen molar-refractivity contribution in [3.05, 3.63) is 42.0 Å². The van der Waals surface area contributed by atoms with E-state index in [0.717, 1.165) is 0 Å². The molecule has 0 saturated heterocycles. The van der Waals surface area contributed by atoms with E-state index in [2.05, 4.69) is 17.2 Å². The fourth-order valence-electron chi connectivity index (χ4n) is 2.94. The first kappa shape index (κ1) is 26.0. The fraction of sp³-hybridized carbons (Fsp3) is 0.522. The number of hydrogen-bond donors (Lipinski definition) is 3. The molecule has 1 rings (SSSR count). The van der Waals surface area contributed by atoms with E-state index in [0.29, 0.717) is 11.1 Å². The third-order valence-electron chi connectivity index (χ3n) is 4.24. The van der Waals surface area contributed by atoms with Crippen LogP contribution < -0.4 is 10.6 Å². The standard InChI is InChI=1S/C23H35N3O5/c1-9-12-26(21(29)16(5)25-22(30)31-23(6,7)8)19(20(28)24-14(2)3)17-10-11-18(27)15(4)13-17/h9-11,13-14,16,19,27H,1,12H2,2-8H3,(H,24,28)(H,25,30). The summed E-state index contributed by atoms with van der Waals surface area (Å²) in [5.41, 5.74) is 0.399. The van der Waals surface area contributed by atoms with Crippen LogP contribution in [0.25, 0.3) is 0 Å². The Morgan fingerprint density at radius 3 is 2.29 bits per heavy atom. The molecule has 0 radical (unpaired) electrons. The van der Waals surface area contributed by atoms with E-state index in [1.54, 1.807) is 39.8 Å². The van der Waals surface area contributed by atoms with E-state index in [1.165, 1.54) is 24.0 Å². The van der Waals surface area contributed by atoms with Gasteiger partial charge in [0.15, 0.2) is 0 Å². The number of alkyl carbamates (subject to hydrolysis) is 1. The first-order valence-electron chi connectivity index (χ1n) is 10.3. The summed E-state index contributed by atoms with van der Waals surface area (Å²) in [6.45, 7) is 15.8. The van der Waals surface area contributed by atoms with Gasteiger partial charge in [0.05, 0.1) is 0 Å². The van der Waals surface area contributed by atoms with E-state index in [9.17, 15) is 19.5 Å². The molecule has 3 N–H and O–H groups in total. The van der Waals surface area contributed by atoms with Gasteiger partial charge in [-0.05, 0) is 71.7 Å². The topological polar surface area (TPSA) is 108 Å². The zero-order valence-corrected chi connectivity index (χ0v) is 19.5. The zero-order chi connectivity index (χ0) is 23.9. The predicted octanol–water partition coefficient (Wildman–Crippen LogP) is 3.19. The van der Waals surface area contributed by atoms with Crippen molar-refractivity contribution < 1.29 is 24.2 Å². The Morgan fingerprint density at radius 1 is 1.19 bits per heavy atom. The minimum Gasteiger partial charge on any atom is -0.508 e. The van der Waals surface area contributed by atoms with E-state index < -0.39 is 29.7 Å². The Kier molecular flexibility index (Phi) is 9.09. The van der Waals surface area contributed by atoms with Crippen LogP contribution in [0.1, 0.15) is 58.7 Å². The van der Waals surface area contributed by atoms with Crippen LogP contribution in [0.15, 0.2) is 30.9 Å². The Morgan fingerprint density at radius 2 is 1.81 bits per heavy atom. The van der Waals surface area contributed by atoms with E-state index in [1.807, 2.05) is 13.8 Å². The molecule has 1 aromatic rings. The van der Waals surface area contributed by atoms with Crippen molar-refractivity contribution in [2.45, 2.75) is 72.2 Å². The van der Waals surface area contributed by atoms with Gasteiger partial charge < -0.3 is 25.4 Å². The highest BCUT2D eigenvalue weighted by molar-refractivity contribution is 5.92. The summed E-state index contributed by atoms with van der Waals surface area (Å²) in [5, 5.41) is 15.2. The molecule has 172 valence electrons. The molecule has 0 aliphatic rings. The molecular weight excluding hydrogens is 398 g/mol. The van der Waals surface area contributed by atoms with Crippen molar-refractivity contribution in [3.63, 3.8) is 0 Å². The highest BCUT2D eigenvalue weighted by Gasteiger charge is 2.34. The molecule has 8 nitrogen and oxygen atoms in total. The average molecular weight is 434 g/mol. The van der Waals surface area contributed by atoms with Crippen molar-refractivity contribution in [2.75, 3.05) is 6.54 Å². The Bertz CT molecular complexity index is 814. The lowest BCUT2D eigenvalue weighted by molar-refractivity contribution is -0.141. The SMILES string of the molecule is C=CCN(C(=O)C(C)NC(=O)OC(C)(C)C)C(C(=O)NC(C)C)c1ccc(O)c(C)c1. The second-order valence-corrected chi connectivity index (χ2v) is 8.76. The summed E-state index contributed by atoms with van der Waals surface area (Å²) in [6.07, 6.45) is 0.789. The van der Waals surface area contributed by atoms with Crippen molar-refractivity contribution in [3.8, 4) is 5.75 Å². The molecule has 0 aromatic heterocycles. The first-order valence-corrected chi connectivity index (χ1v) is 10.3. The van der Waals surface area contributed by atoms with E-state index >= 15 is 0 Å². The number of nitrogens with one attached hydrogen (secondary N) is 2. The maximum Gasteiger partial charge on any atom is 0.408 e. The highest BCUT2D eigenvalue weighted by atomic mass is 16.6. The molecule has 0 spiro atoms.